The van der Waals surface area contributed by atoms with Crippen molar-refractivity contribution in [3.05, 3.63) is 0 Å². The molecule has 2 unspecified atom stereocenters. The van der Waals surface area contributed by atoms with Crippen molar-refractivity contribution in [2.24, 2.45) is 11.1 Å². The minimum Gasteiger partial charge on any atom is -0.329 e. The maximum atomic E-state index is 6.23. The van der Waals surface area contributed by atoms with Gasteiger partial charge in [-0.3, -0.25) is 9.80 Å². The Balaban J connectivity index is 2.14. The smallest absolute Gasteiger partial charge is 0.0496 e. The molecule has 0 bridgehead atoms. The molecule has 2 atom stereocenters. The second-order valence-corrected chi connectivity index (χ2v) is 7.52. The summed E-state index contributed by atoms with van der Waals surface area (Å²) in [6.45, 7) is 11.4. The van der Waals surface area contributed by atoms with E-state index in [9.17, 15) is 0 Å². The van der Waals surface area contributed by atoms with E-state index in [0.29, 0.717) is 11.5 Å². The zero-order valence-electron chi connectivity index (χ0n) is 12.7. The van der Waals surface area contributed by atoms with Gasteiger partial charge in [0.15, 0.2) is 0 Å². The molecule has 0 saturated carbocycles. The predicted octanol–water partition coefficient (Wildman–Crippen LogP) is 1.92. The third-order valence-electron chi connectivity index (χ3n) is 4.89. The van der Waals surface area contributed by atoms with Crippen molar-refractivity contribution in [3.8, 4) is 0 Å². The van der Waals surface area contributed by atoms with E-state index in [2.05, 4.69) is 37.6 Å². The quantitative estimate of drug-likeness (QED) is 0.834. The maximum absolute atomic E-state index is 6.23. The molecule has 0 amide bonds. The van der Waals surface area contributed by atoms with Crippen LogP contribution >= 0.6 is 0 Å². The van der Waals surface area contributed by atoms with Crippen LogP contribution in [0.5, 0.6) is 0 Å². The van der Waals surface area contributed by atoms with Gasteiger partial charge < -0.3 is 5.73 Å². The molecule has 3 nitrogen and oxygen atoms in total. The minimum absolute atomic E-state index is 0.230. The number of likely N-dealkylation sites (N-methyl/N-ethyl adjacent to an activating group) is 1. The Labute approximate surface area is 113 Å². The van der Waals surface area contributed by atoms with Gasteiger partial charge in [0, 0.05) is 31.2 Å². The molecule has 2 aliphatic rings. The summed E-state index contributed by atoms with van der Waals surface area (Å²) in [6.07, 6.45) is 5.35. The van der Waals surface area contributed by atoms with E-state index in [0.717, 1.165) is 13.1 Å². The highest BCUT2D eigenvalue weighted by atomic mass is 15.3. The van der Waals surface area contributed by atoms with Crippen LogP contribution in [-0.2, 0) is 0 Å². The second-order valence-electron chi connectivity index (χ2n) is 7.52. The number of piperidine rings is 1. The Morgan fingerprint density at radius 1 is 1.28 bits per heavy atom. The lowest BCUT2D eigenvalue weighted by Crippen LogP contribution is -2.61. The maximum Gasteiger partial charge on any atom is 0.0496 e. The Morgan fingerprint density at radius 2 is 2.00 bits per heavy atom. The van der Waals surface area contributed by atoms with Crippen LogP contribution in [-0.4, -0.2) is 54.6 Å². The molecule has 0 aromatic carbocycles. The van der Waals surface area contributed by atoms with Gasteiger partial charge in [-0.15, -0.1) is 0 Å². The molecular formula is C15H31N3. The van der Waals surface area contributed by atoms with Gasteiger partial charge >= 0.3 is 0 Å². The van der Waals surface area contributed by atoms with Crippen molar-refractivity contribution >= 4 is 0 Å². The Bertz CT molecular complexity index is 284. The molecular weight excluding hydrogens is 222 g/mol. The first-order valence-corrected chi connectivity index (χ1v) is 7.54. The minimum atomic E-state index is 0.230. The molecule has 106 valence electrons. The van der Waals surface area contributed by atoms with Gasteiger partial charge in [-0.2, -0.15) is 0 Å². The van der Waals surface area contributed by atoms with Gasteiger partial charge in [0.05, 0.1) is 0 Å². The van der Waals surface area contributed by atoms with Crippen LogP contribution in [0.4, 0.5) is 0 Å². The van der Waals surface area contributed by atoms with Crippen LogP contribution in [0.3, 0.4) is 0 Å². The van der Waals surface area contributed by atoms with Gasteiger partial charge in [-0.05, 0) is 38.3 Å². The molecule has 2 heterocycles. The summed E-state index contributed by atoms with van der Waals surface area (Å²) in [5.41, 5.74) is 6.80. The molecule has 2 saturated heterocycles. The summed E-state index contributed by atoms with van der Waals surface area (Å²) in [4.78, 5) is 5.26. The van der Waals surface area contributed by atoms with E-state index in [1.54, 1.807) is 0 Å². The molecule has 2 fully saturated rings. The third-order valence-corrected chi connectivity index (χ3v) is 4.89. The molecule has 2 rings (SSSR count). The summed E-state index contributed by atoms with van der Waals surface area (Å²) in [5, 5.41) is 0. The van der Waals surface area contributed by atoms with Crippen molar-refractivity contribution in [1.29, 1.82) is 0 Å². The van der Waals surface area contributed by atoms with Gasteiger partial charge in [0.25, 0.3) is 0 Å². The topological polar surface area (TPSA) is 32.5 Å². The highest BCUT2D eigenvalue weighted by molar-refractivity contribution is 5.08. The number of hydrogen-bond donors (Lipinski definition) is 1. The average molecular weight is 253 g/mol. The first-order valence-electron chi connectivity index (χ1n) is 7.54. The first kappa shape index (κ1) is 14.3. The van der Waals surface area contributed by atoms with Gasteiger partial charge in [-0.25, -0.2) is 0 Å². The SMILES string of the molecule is CN(CC(C)(C)C)C1(CN)CCN2CCCCC21. The normalized spacial score (nSPS) is 34.0. The van der Waals surface area contributed by atoms with Gasteiger partial charge in [0.1, 0.15) is 0 Å². The Morgan fingerprint density at radius 3 is 2.61 bits per heavy atom. The van der Waals surface area contributed by atoms with E-state index >= 15 is 0 Å². The fourth-order valence-electron chi connectivity index (χ4n) is 4.08. The van der Waals surface area contributed by atoms with Gasteiger partial charge in [-0.1, -0.05) is 27.2 Å². The molecule has 0 aromatic heterocycles. The number of hydrogen-bond acceptors (Lipinski definition) is 3. The lowest BCUT2D eigenvalue weighted by molar-refractivity contribution is 0.0356. The molecule has 2 N–H and O–H groups in total. The Hall–Kier alpha value is -0.120. The van der Waals surface area contributed by atoms with Crippen molar-refractivity contribution in [2.75, 3.05) is 33.2 Å². The summed E-state index contributed by atoms with van der Waals surface area (Å²) in [6, 6.07) is 0.698. The third kappa shape index (κ3) is 2.59. The first-order chi connectivity index (χ1) is 8.39. The van der Waals surface area contributed by atoms with Crippen LogP contribution in [0.1, 0.15) is 46.5 Å². The van der Waals surface area contributed by atoms with Crippen molar-refractivity contribution in [3.63, 3.8) is 0 Å². The lowest BCUT2D eigenvalue weighted by Gasteiger charge is -2.47. The van der Waals surface area contributed by atoms with Crippen LogP contribution < -0.4 is 5.73 Å². The van der Waals surface area contributed by atoms with E-state index < -0.39 is 0 Å². The van der Waals surface area contributed by atoms with Gasteiger partial charge in [0.2, 0.25) is 0 Å². The number of fused-ring (bicyclic) bond motifs is 1. The van der Waals surface area contributed by atoms with Crippen LogP contribution in [0.15, 0.2) is 0 Å². The summed E-state index contributed by atoms with van der Waals surface area (Å²) < 4.78 is 0. The predicted molar refractivity (Wildman–Crippen MR) is 77.7 cm³/mol. The van der Waals surface area contributed by atoms with E-state index in [1.165, 1.54) is 38.8 Å². The second kappa shape index (κ2) is 5.10. The zero-order valence-corrected chi connectivity index (χ0v) is 12.7. The van der Waals surface area contributed by atoms with Crippen LogP contribution in [0.2, 0.25) is 0 Å². The van der Waals surface area contributed by atoms with Crippen molar-refractivity contribution in [1.82, 2.24) is 9.80 Å². The molecule has 0 aliphatic carbocycles. The van der Waals surface area contributed by atoms with E-state index in [1.807, 2.05) is 0 Å². The monoisotopic (exact) mass is 253 g/mol. The van der Waals surface area contributed by atoms with Crippen LogP contribution in [0.25, 0.3) is 0 Å². The lowest BCUT2D eigenvalue weighted by atomic mass is 9.82. The highest BCUT2D eigenvalue weighted by Gasteiger charge is 2.49. The summed E-state index contributed by atoms with van der Waals surface area (Å²) in [5.74, 6) is 0. The summed E-state index contributed by atoms with van der Waals surface area (Å²) in [7, 11) is 2.29. The molecule has 18 heavy (non-hydrogen) atoms. The summed E-state index contributed by atoms with van der Waals surface area (Å²) >= 11 is 0. The molecule has 0 radical (unpaired) electrons. The Kier molecular flexibility index (Phi) is 4.05. The fourth-order valence-corrected chi connectivity index (χ4v) is 4.08. The van der Waals surface area contributed by atoms with E-state index in [4.69, 9.17) is 5.73 Å². The number of nitrogens with two attached hydrogens (primary N) is 1. The largest absolute Gasteiger partial charge is 0.329 e. The number of nitrogens with zero attached hydrogens (tertiary/aromatic N) is 2. The van der Waals surface area contributed by atoms with Crippen molar-refractivity contribution < 1.29 is 0 Å². The standard InChI is InChI=1S/C15H31N3/c1-14(2,3)12-17(4)15(11-16)8-10-18-9-6-5-7-13(15)18/h13H,5-12,16H2,1-4H3. The van der Waals surface area contributed by atoms with E-state index in [-0.39, 0.29) is 5.54 Å². The fraction of sp³-hybridized carbons (Fsp3) is 1.00. The highest BCUT2D eigenvalue weighted by Crippen LogP contribution is 2.39. The zero-order chi connectivity index (χ0) is 13.4. The molecule has 0 aromatic rings. The average Bonchev–Trinajstić information content (AvgIpc) is 2.67. The molecule has 0 spiro atoms. The van der Waals surface area contributed by atoms with Crippen LogP contribution in [0, 0.1) is 5.41 Å². The molecule has 2 aliphatic heterocycles. The van der Waals surface area contributed by atoms with Crippen molar-refractivity contribution in [2.45, 2.75) is 58.0 Å². The number of rotatable bonds is 3. The molecule has 3 heteroatoms.